The van der Waals surface area contributed by atoms with Gasteiger partial charge in [-0.25, -0.2) is 13.4 Å². The first-order valence-electron chi connectivity index (χ1n) is 11.9. The summed E-state index contributed by atoms with van der Waals surface area (Å²) >= 11 is 7.80. The molecule has 0 amide bonds. The monoisotopic (exact) mass is 519 g/mol. The number of halogens is 1. The number of aromatic nitrogens is 2. The molecule has 9 heteroatoms. The molecule has 0 spiro atoms. The number of piperidine rings is 1. The van der Waals surface area contributed by atoms with Gasteiger partial charge in [0.25, 0.3) is 0 Å². The molecule has 0 N–H and O–H groups in total. The fraction of sp³-hybridized carbons (Fsp3) is 0.480. The molecule has 0 saturated carbocycles. The van der Waals surface area contributed by atoms with Gasteiger partial charge in [-0.2, -0.15) is 4.31 Å². The predicted molar refractivity (Wildman–Crippen MR) is 137 cm³/mol. The summed E-state index contributed by atoms with van der Waals surface area (Å²) in [5, 5.41) is 1.58. The van der Waals surface area contributed by atoms with Crippen molar-refractivity contribution in [3.05, 3.63) is 53.1 Å². The van der Waals surface area contributed by atoms with Crippen molar-refractivity contribution < 1.29 is 13.2 Å². The summed E-state index contributed by atoms with van der Waals surface area (Å²) in [6.45, 7) is 4.78. The lowest BCUT2D eigenvalue weighted by molar-refractivity contribution is 0.0960. The van der Waals surface area contributed by atoms with Crippen molar-refractivity contribution >= 4 is 44.4 Å². The summed E-state index contributed by atoms with van der Waals surface area (Å²) in [5.41, 5.74) is 2.77. The number of benzene rings is 2. The van der Waals surface area contributed by atoms with Crippen LogP contribution in [0.15, 0.2) is 52.5 Å². The van der Waals surface area contributed by atoms with Crippen LogP contribution in [0.5, 0.6) is 0 Å². The lowest BCUT2D eigenvalue weighted by Gasteiger charge is -2.30. The lowest BCUT2D eigenvalue weighted by Crippen LogP contribution is -2.39. The average Bonchev–Trinajstić information content (AvgIpc) is 3.46. The van der Waals surface area contributed by atoms with Crippen molar-refractivity contribution in [2.45, 2.75) is 61.1 Å². The maximum absolute atomic E-state index is 13.3. The number of rotatable bonds is 7. The molecular weight excluding hydrogens is 490 g/mol. The van der Waals surface area contributed by atoms with Crippen LogP contribution in [-0.4, -0.2) is 48.1 Å². The Hall–Kier alpha value is -1.58. The standard InChI is InChI=1S/C25H30ClN3O3S2/c1-18-5-3-11-28(15-18)34(30,31)22-9-10-24-23(14-22)27-25(29(24)16-21-8-4-12-32-21)33-17-19-6-2-7-20(26)13-19/h2,6-7,9-10,13-14,18,21H,3-5,8,11-12,15-17H2,1H3. The number of ether oxygens (including phenoxy) is 1. The minimum absolute atomic E-state index is 0.154. The number of fused-ring (bicyclic) bond motifs is 1. The Balaban J connectivity index is 1.47. The molecule has 2 fully saturated rings. The number of thioether (sulfide) groups is 1. The highest BCUT2D eigenvalue weighted by molar-refractivity contribution is 7.98. The highest BCUT2D eigenvalue weighted by Gasteiger charge is 2.29. The summed E-state index contributed by atoms with van der Waals surface area (Å²) < 4.78 is 36.4. The van der Waals surface area contributed by atoms with Crippen LogP contribution < -0.4 is 0 Å². The molecule has 0 radical (unpaired) electrons. The van der Waals surface area contributed by atoms with Crippen molar-refractivity contribution in [2.24, 2.45) is 5.92 Å². The predicted octanol–water partition coefficient (Wildman–Crippen LogP) is 5.58. The zero-order chi connectivity index (χ0) is 23.7. The Labute approximate surface area is 210 Å². The van der Waals surface area contributed by atoms with E-state index < -0.39 is 10.0 Å². The van der Waals surface area contributed by atoms with E-state index in [0.717, 1.165) is 54.3 Å². The van der Waals surface area contributed by atoms with Crippen LogP contribution in [0.3, 0.4) is 0 Å². The van der Waals surface area contributed by atoms with Gasteiger partial charge in [0.15, 0.2) is 5.16 Å². The normalized spacial score (nSPS) is 21.9. The van der Waals surface area contributed by atoms with E-state index in [9.17, 15) is 8.42 Å². The van der Waals surface area contributed by atoms with Crippen molar-refractivity contribution in [3.8, 4) is 0 Å². The summed E-state index contributed by atoms with van der Waals surface area (Å²) in [4.78, 5) is 5.20. The second-order valence-electron chi connectivity index (χ2n) is 9.32. The molecule has 2 saturated heterocycles. The van der Waals surface area contributed by atoms with E-state index in [2.05, 4.69) is 17.6 Å². The van der Waals surface area contributed by atoms with Gasteiger partial charge in [0.05, 0.1) is 28.6 Å². The Kier molecular flexibility index (Phi) is 7.23. The molecule has 2 aliphatic rings. The molecule has 2 aromatic carbocycles. The molecule has 0 bridgehead atoms. The average molecular weight is 520 g/mol. The summed E-state index contributed by atoms with van der Waals surface area (Å²) in [5.74, 6) is 1.11. The van der Waals surface area contributed by atoms with Crippen LogP contribution >= 0.6 is 23.4 Å². The smallest absolute Gasteiger partial charge is 0.243 e. The molecule has 3 heterocycles. The third-order valence-electron chi connectivity index (χ3n) is 6.61. The van der Waals surface area contributed by atoms with E-state index in [1.807, 2.05) is 24.3 Å². The molecule has 1 aromatic heterocycles. The second-order valence-corrected chi connectivity index (χ2v) is 12.6. The number of hydrogen-bond donors (Lipinski definition) is 0. The minimum Gasteiger partial charge on any atom is -0.376 e. The SMILES string of the molecule is CC1CCCN(S(=O)(=O)c2ccc3c(c2)nc(SCc2cccc(Cl)c2)n3CC2CCCO2)C1. The first-order chi connectivity index (χ1) is 16.4. The zero-order valence-corrected chi connectivity index (χ0v) is 21.7. The Morgan fingerprint density at radius 1 is 1.18 bits per heavy atom. The molecule has 34 heavy (non-hydrogen) atoms. The maximum atomic E-state index is 13.3. The molecule has 0 aliphatic carbocycles. The number of hydrogen-bond acceptors (Lipinski definition) is 5. The van der Waals surface area contributed by atoms with Gasteiger partial charge in [-0.3, -0.25) is 0 Å². The van der Waals surface area contributed by atoms with E-state index in [4.69, 9.17) is 21.3 Å². The van der Waals surface area contributed by atoms with Crippen LogP contribution in [0.4, 0.5) is 0 Å². The number of nitrogens with zero attached hydrogens (tertiary/aromatic N) is 3. The van der Waals surface area contributed by atoms with Gasteiger partial charge in [0, 0.05) is 30.5 Å². The van der Waals surface area contributed by atoms with Crippen LogP contribution in [-0.2, 0) is 27.1 Å². The van der Waals surface area contributed by atoms with Crippen molar-refractivity contribution in [2.75, 3.05) is 19.7 Å². The molecule has 2 atom stereocenters. The first kappa shape index (κ1) is 24.1. The van der Waals surface area contributed by atoms with Gasteiger partial charge in [-0.15, -0.1) is 0 Å². The molecule has 6 nitrogen and oxygen atoms in total. The van der Waals surface area contributed by atoms with E-state index >= 15 is 0 Å². The van der Waals surface area contributed by atoms with Gasteiger partial charge >= 0.3 is 0 Å². The Morgan fingerprint density at radius 3 is 2.82 bits per heavy atom. The Morgan fingerprint density at radius 2 is 2.06 bits per heavy atom. The van der Waals surface area contributed by atoms with Gasteiger partial charge in [0.2, 0.25) is 10.0 Å². The third kappa shape index (κ3) is 5.16. The molecule has 182 valence electrons. The summed E-state index contributed by atoms with van der Waals surface area (Å²) in [7, 11) is -3.53. The zero-order valence-electron chi connectivity index (χ0n) is 19.3. The third-order valence-corrected chi connectivity index (χ3v) is 9.75. The maximum Gasteiger partial charge on any atom is 0.243 e. The van der Waals surface area contributed by atoms with E-state index in [-0.39, 0.29) is 6.10 Å². The van der Waals surface area contributed by atoms with Crippen LogP contribution in [0.2, 0.25) is 5.02 Å². The minimum atomic E-state index is -3.53. The van der Waals surface area contributed by atoms with Gasteiger partial charge < -0.3 is 9.30 Å². The largest absolute Gasteiger partial charge is 0.376 e. The molecular formula is C25H30ClN3O3S2. The lowest BCUT2D eigenvalue weighted by atomic mass is 10.0. The van der Waals surface area contributed by atoms with Gasteiger partial charge in [-0.05, 0) is 67.5 Å². The highest BCUT2D eigenvalue weighted by atomic mass is 35.5. The van der Waals surface area contributed by atoms with Crippen LogP contribution in [0.1, 0.15) is 38.2 Å². The van der Waals surface area contributed by atoms with Gasteiger partial charge in [0.1, 0.15) is 0 Å². The fourth-order valence-electron chi connectivity index (χ4n) is 4.81. The topological polar surface area (TPSA) is 64.4 Å². The van der Waals surface area contributed by atoms with E-state index in [1.165, 1.54) is 0 Å². The summed E-state index contributed by atoms with van der Waals surface area (Å²) in [6, 6.07) is 13.2. The summed E-state index contributed by atoms with van der Waals surface area (Å²) in [6.07, 6.45) is 4.23. The van der Waals surface area contributed by atoms with Crippen molar-refractivity contribution in [3.63, 3.8) is 0 Å². The van der Waals surface area contributed by atoms with Crippen LogP contribution in [0, 0.1) is 5.92 Å². The molecule has 3 aromatic rings. The fourth-order valence-corrected chi connectivity index (χ4v) is 7.61. The number of sulfonamides is 1. The highest BCUT2D eigenvalue weighted by Crippen LogP contribution is 2.32. The first-order valence-corrected chi connectivity index (χ1v) is 14.7. The number of imidazole rings is 1. The molecule has 5 rings (SSSR count). The van der Waals surface area contributed by atoms with E-state index in [1.54, 1.807) is 28.2 Å². The second kappa shape index (κ2) is 10.2. The quantitative estimate of drug-likeness (QED) is 0.381. The van der Waals surface area contributed by atoms with Crippen LogP contribution in [0.25, 0.3) is 11.0 Å². The Bertz CT molecular complexity index is 1270. The van der Waals surface area contributed by atoms with Crippen molar-refractivity contribution in [1.82, 2.24) is 13.9 Å². The molecule has 2 aliphatic heterocycles. The van der Waals surface area contributed by atoms with E-state index in [0.29, 0.717) is 41.0 Å². The van der Waals surface area contributed by atoms with Gasteiger partial charge in [-0.1, -0.05) is 42.4 Å². The van der Waals surface area contributed by atoms with Crippen molar-refractivity contribution in [1.29, 1.82) is 0 Å². The molecule has 2 unspecified atom stereocenters.